The van der Waals surface area contributed by atoms with Gasteiger partial charge in [-0.25, -0.2) is 0 Å². The number of thioether (sulfide) groups is 1. The van der Waals surface area contributed by atoms with Crippen molar-refractivity contribution in [1.82, 2.24) is 0 Å². The minimum atomic E-state index is -1.21. The van der Waals surface area contributed by atoms with E-state index >= 15 is 0 Å². The highest BCUT2D eigenvalue weighted by atomic mass is 32.2. The van der Waals surface area contributed by atoms with E-state index in [1.165, 1.54) is 6.07 Å². The van der Waals surface area contributed by atoms with Crippen molar-refractivity contribution in [2.75, 3.05) is 11.5 Å². The first kappa shape index (κ1) is 15.0. The molecule has 1 unspecified atom stereocenters. The third kappa shape index (κ3) is 4.63. The SMILES string of the molecule is Nc1ccccc1C(=O)CC(SCC(=O)O)C(=O)O. The molecule has 0 heterocycles. The van der Waals surface area contributed by atoms with E-state index in [9.17, 15) is 14.4 Å². The van der Waals surface area contributed by atoms with Gasteiger partial charge in [-0.05, 0) is 12.1 Å². The number of hydrogen-bond donors (Lipinski definition) is 3. The van der Waals surface area contributed by atoms with Crippen LogP contribution in [0.25, 0.3) is 0 Å². The fourth-order valence-electron chi connectivity index (χ4n) is 1.42. The average Bonchev–Trinajstić information content (AvgIpc) is 2.34. The van der Waals surface area contributed by atoms with Gasteiger partial charge in [0.15, 0.2) is 5.78 Å². The standard InChI is InChI=1S/C12H13NO5S/c13-8-4-2-1-3-7(8)9(14)5-10(12(17)18)19-6-11(15)16/h1-4,10H,5-6,13H2,(H,15,16)(H,17,18). The highest BCUT2D eigenvalue weighted by molar-refractivity contribution is 8.01. The average molecular weight is 283 g/mol. The molecule has 0 saturated carbocycles. The molecule has 0 bridgehead atoms. The Balaban J connectivity index is 2.74. The number of carboxylic acid groups (broad SMARTS) is 2. The molecule has 0 aliphatic heterocycles. The number of anilines is 1. The van der Waals surface area contributed by atoms with E-state index in [1.54, 1.807) is 18.2 Å². The van der Waals surface area contributed by atoms with Crippen LogP contribution >= 0.6 is 11.8 Å². The molecular formula is C12H13NO5S. The number of nitrogen functional groups attached to an aromatic ring is 1. The zero-order chi connectivity index (χ0) is 14.4. The molecule has 0 spiro atoms. The van der Waals surface area contributed by atoms with Crippen LogP contribution < -0.4 is 5.73 Å². The molecule has 19 heavy (non-hydrogen) atoms. The number of aliphatic carboxylic acids is 2. The number of carbonyl (C=O) groups is 3. The number of Topliss-reactive ketones (excluding diaryl/α,β-unsaturated/α-hetero) is 1. The van der Waals surface area contributed by atoms with E-state index in [-0.39, 0.29) is 23.4 Å². The van der Waals surface area contributed by atoms with Crippen molar-refractivity contribution in [1.29, 1.82) is 0 Å². The molecule has 1 aromatic carbocycles. The molecule has 0 aromatic heterocycles. The number of benzene rings is 1. The maximum absolute atomic E-state index is 11.9. The number of carbonyl (C=O) groups excluding carboxylic acids is 1. The summed E-state index contributed by atoms with van der Waals surface area (Å²) in [6, 6.07) is 6.36. The van der Waals surface area contributed by atoms with Crippen molar-refractivity contribution in [2.24, 2.45) is 0 Å². The lowest BCUT2D eigenvalue weighted by atomic mass is 10.0. The summed E-state index contributed by atoms with van der Waals surface area (Å²) < 4.78 is 0. The monoisotopic (exact) mass is 283 g/mol. The van der Waals surface area contributed by atoms with Gasteiger partial charge in [-0.2, -0.15) is 0 Å². The second kappa shape index (κ2) is 6.79. The van der Waals surface area contributed by atoms with Gasteiger partial charge in [0, 0.05) is 17.7 Å². The summed E-state index contributed by atoms with van der Waals surface area (Å²) in [5.74, 6) is -3.12. The minimum Gasteiger partial charge on any atom is -0.481 e. The number of rotatable bonds is 7. The van der Waals surface area contributed by atoms with E-state index < -0.39 is 23.0 Å². The number of carboxylic acids is 2. The molecule has 1 rings (SSSR count). The topological polar surface area (TPSA) is 118 Å². The molecule has 0 aliphatic rings. The van der Waals surface area contributed by atoms with E-state index in [2.05, 4.69) is 0 Å². The summed E-state index contributed by atoms with van der Waals surface area (Å²) in [7, 11) is 0. The highest BCUT2D eigenvalue weighted by Gasteiger charge is 2.24. The third-order valence-electron chi connectivity index (χ3n) is 2.32. The van der Waals surface area contributed by atoms with E-state index in [0.717, 1.165) is 0 Å². The van der Waals surface area contributed by atoms with E-state index in [0.29, 0.717) is 11.8 Å². The van der Waals surface area contributed by atoms with E-state index in [4.69, 9.17) is 15.9 Å². The molecule has 4 N–H and O–H groups in total. The van der Waals surface area contributed by atoms with Gasteiger partial charge in [-0.3, -0.25) is 14.4 Å². The summed E-state index contributed by atoms with van der Waals surface area (Å²) in [4.78, 5) is 33.3. The lowest BCUT2D eigenvalue weighted by Gasteiger charge is -2.11. The smallest absolute Gasteiger partial charge is 0.317 e. The Hall–Kier alpha value is -2.02. The first-order valence-electron chi connectivity index (χ1n) is 5.35. The summed E-state index contributed by atoms with van der Waals surface area (Å²) in [6.07, 6.45) is -0.290. The molecule has 0 aliphatic carbocycles. The Morgan fingerprint density at radius 1 is 1.21 bits per heavy atom. The van der Waals surface area contributed by atoms with Crippen LogP contribution in [0.2, 0.25) is 0 Å². The highest BCUT2D eigenvalue weighted by Crippen LogP contribution is 2.20. The maximum atomic E-state index is 11.9. The Bertz CT molecular complexity index is 503. The first-order valence-corrected chi connectivity index (χ1v) is 6.40. The van der Waals surface area contributed by atoms with Gasteiger partial charge >= 0.3 is 11.9 Å². The summed E-state index contributed by atoms with van der Waals surface area (Å²) in [5.41, 5.74) is 6.16. The van der Waals surface area contributed by atoms with E-state index in [1.807, 2.05) is 0 Å². The zero-order valence-electron chi connectivity index (χ0n) is 9.91. The van der Waals surface area contributed by atoms with Gasteiger partial charge in [0.1, 0.15) is 5.25 Å². The van der Waals surface area contributed by atoms with Gasteiger partial charge in [-0.1, -0.05) is 12.1 Å². The van der Waals surface area contributed by atoms with Crippen LogP contribution in [0.3, 0.4) is 0 Å². The number of hydrogen-bond acceptors (Lipinski definition) is 5. The van der Waals surface area contributed by atoms with Crippen LogP contribution in [0.1, 0.15) is 16.8 Å². The van der Waals surface area contributed by atoms with Crippen molar-refractivity contribution in [3.63, 3.8) is 0 Å². The Kier molecular flexibility index (Phi) is 5.37. The largest absolute Gasteiger partial charge is 0.481 e. The summed E-state index contributed by atoms with van der Waals surface area (Å²) in [5, 5.41) is 16.4. The fourth-order valence-corrected chi connectivity index (χ4v) is 2.17. The quantitative estimate of drug-likeness (QED) is 0.506. The number of para-hydroxylation sites is 1. The Morgan fingerprint density at radius 3 is 2.37 bits per heavy atom. The molecule has 6 nitrogen and oxygen atoms in total. The third-order valence-corrected chi connectivity index (χ3v) is 3.50. The maximum Gasteiger partial charge on any atom is 0.317 e. The molecule has 0 amide bonds. The lowest BCUT2D eigenvalue weighted by molar-refractivity contribution is -0.136. The second-order valence-electron chi connectivity index (χ2n) is 3.75. The number of ketones is 1. The van der Waals surface area contributed by atoms with Crippen molar-refractivity contribution >= 4 is 35.2 Å². The molecule has 102 valence electrons. The van der Waals surface area contributed by atoms with Crippen LogP contribution in [0, 0.1) is 0 Å². The molecular weight excluding hydrogens is 270 g/mol. The second-order valence-corrected chi connectivity index (χ2v) is 4.94. The van der Waals surface area contributed by atoms with Gasteiger partial charge in [0.25, 0.3) is 0 Å². The predicted molar refractivity (Wildman–Crippen MR) is 71.3 cm³/mol. The van der Waals surface area contributed by atoms with Gasteiger partial charge < -0.3 is 15.9 Å². The van der Waals surface area contributed by atoms with Crippen LogP contribution in [-0.4, -0.2) is 38.9 Å². The molecule has 7 heteroatoms. The van der Waals surface area contributed by atoms with Crippen molar-refractivity contribution < 1.29 is 24.6 Å². The van der Waals surface area contributed by atoms with Crippen LogP contribution in [0.4, 0.5) is 5.69 Å². The minimum absolute atomic E-state index is 0.254. The van der Waals surface area contributed by atoms with Gasteiger partial charge in [0.05, 0.1) is 5.75 Å². The van der Waals surface area contributed by atoms with Gasteiger partial charge in [0.2, 0.25) is 0 Å². The van der Waals surface area contributed by atoms with Crippen molar-refractivity contribution in [3.05, 3.63) is 29.8 Å². The first-order chi connectivity index (χ1) is 8.91. The fraction of sp³-hybridized carbons (Fsp3) is 0.250. The van der Waals surface area contributed by atoms with Gasteiger partial charge in [-0.15, -0.1) is 11.8 Å². The summed E-state index contributed by atoms with van der Waals surface area (Å²) in [6.45, 7) is 0. The number of nitrogens with two attached hydrogens (primary N) is 1. The Labute approximate surface area is 113 Å². The summed E-state index contributed by atoms with van der Waals surface area (Å²) >= 11 is 0.706. The molecule has 1 aromatic rings. The van der Waals surface area contributed by atoms with Crippen molar-refractivity contribution in [2.45, 2.75) is 11.7 Å². The lowest BCUT2D eigenvalue weighted by Crippen LogP contribution is -2.22. The normalized spacial score (nSPS) is 11.8. The predicted octanol–water partition coefficient (Wildman–Crippen LogP) is 1.11. The van der Waals surface area contributed by atoms with Crippen molar-refractivity contribution in [3.8, 4) is 0 Å². The zero-order valence-corrected chi connectivity index (χ0v) is 10.7. The molecule has 0 fully saturated rings. The Morgan fingerprint density at radius 2 is 1.84 bits per heavy atom. The van der Waals surface area contributed by atoms with Crippen LogP contribution in [-0.2, 0) is 9.59 Å². The molecule has 0 radical (unpaired) electrons. The molecule has 1 atom stereocenters. The van der Waals surface area contributed by atoms with Crippen LogP contribution in [0.15, 0.2) is 24.3 Å². The molecule has 0 saturated heterocycles. The van der Waals surface area contributed by atoms with Crippen LogP contribution in [0.5, 0.6) is 0 Å².